The molecule has 0 amide bonds. The highest BCUT2D eigenvalue weighted by Gasteiger charge is 2.24. The lowest BCUT2D eigenvalue weighted by Gasteiger charge is -2.33. The fourth-order valence-corrected chi connectivity index (χ4v) is 3.21. The Kier molecular flexibility index (Phi) is 6.18. The second-order valence-electron chi connectivity index (χ2n) is 6.29. The van der Waals surface area contributed by atoms with Crippen molar-refractivity contribution in [3.63, 3.8) is 0 Å². The Morgan fingerprint density at radius 3 is 2.42 bits per heavy atom. The largest absolute Gasteiger partial charge is 0.300 e. The van der Waals surface area contributed by atoms with E-state index in [-0.39, 0.29) is 6.04 Å². The van der Waals surface area contributed by atoms with Crippen LogP contribution in [0.25, 0.3) is 0 Å². The third-order valence-corrected chi connectivity index (χ3v) is 4.54. The van der Waals surface area contributed by atoms with Gasteiger partial charge in [-0.15, -0.1) is 0 Å². The van der Waals surface area contributed by atoms with E-state index in [1.807, 2.05) is 59.8 Å². The smallest absolute Gasteiger partial charge is 0.0896 e. The summed E-state index contributed by atoms with van der Waals surface area (Å²) in [7, 11) is 0. The summed E-state index contributed by atoms with van der Waals surface area (Å²) in [5.74, 6) is 6.63. The lowest BCUT2D eigenvalue weighted by Crippen LogP contribution is -2.44. The van der Waals surface area contributed by atoms with Crippen molar-refractivity contribution in [2.75, 3.05) is 11.6 Å². The van der Waals surface area contributed by atoms with Crippen LogP contribution in [0.15, 0.2) is 101 Å². The van der Waals surface area contributed by atoms with Crippen molar-refractivity contribution in [3.8, 4) is 0 Å². The molecule has 3 rings (SSSR count). The number of anilines is 1. The van der Waals surface area contributed by atoms with Crippen LogP contribution >= 0.6 is 0 Å². The summed E-state index contributed by atoms with van der Waals surface area (Å²) in [6, 6.07) is 20.6. The van der Waals surface area contributed by atoms with E-state index in [1.54, 1.807) is 0 Å². The molecule has 3 heteroatoms. The number of benzene rings is 2. The third kappa shape index (κ3) is 4.38. The molecule has 1 unspecified atom stereocenters. The number of aliphatic imine (C=N–C) groups is 1. The van der Waals surface area contributed by atoms with E-state index in [9.17, 15) is 0 Å². The molecule has 1 heterocycles. The second kappa shape index (κ2) is 8.97. The van der Waals surface area contributed by atoms with Crippen LogP contribution in [0.3, 0.4) is 0 Å². The second-order valence-corrected chi connectivity index (χ2v) is 6.29. The molecule has 0 radical (unpaired) electrons. The van der Waals surface area contributed by atoms with Crippen molar-refractivity contribution in [3.05, 3.63) is 102 Å². The predicted octanol–water partition coefficient (Wildman–Crippen LogP) is 4.49. The van der Waals surface area contributed by atoms with Crippen molar-refractivity contribution in [2.24, 2.45) is 10.8 Å². The first-order valence-electron chi connectivity index (χ1n) is 8.93. The van der Waals surface area contributed by atoms with Crippen LogP contribution in [0.5, 0.6) is 0 Å². The van der Waals surface area contributed by atoms with Gasteiger partial charge in [0.25, 0.3) is 0 Å². The van der Waals surface area contributed by atoms with Gasteiger partial charge in [-0.2, -0.15) is 0 Å². The van der Waals surface area contributed by atoms with Gasteiger partial charge in [0.2, 0.25) is 0 Å². The molecule has 1 atom stereocenters. The topological polar surface area (TPSA) is 41.6 Å². The van der Waals surface area contributed by atoms with Crippen molar-refractivity contribution >= 4 is 11.9 Å². The maximum absolute atomic E-state index is 6.63. The Labute approximate surface area is 155 Å². The highest BCUT2D eigenvalue weighted by Crippen LogP contribution is 2.26. The van der Waals surface area contributed by atoms with Crippen LogP contribution in [0.4, 0.5) is 5.69 Å². The van der Waals surface area contributed by atoms with Crippen LogP contribution in [0.2, 0.25) is 0 Å². The molecule has 2 N–H and O–H groups in total. The fourth-order valence-electron chi connectivity index (χ4n) is 3.21. The van der Waals surface area contributed by atoms with E-state index in [4.69, 9.17) is 5.84 Å². The molecule has 0 aromatic heterocycles. The van der Waals surface area contributed by atoms with Gasteiger partial charge >= 0.3 is 0 Å². The summed E-state index contributed by atoms with van der Waals surface area (Å²) in [6.07, 6.45) is 11.0. The molecule has 1 aliphatic heterocycles. The van der Waals surface area contributed by atoms with Gasteiger partial charge in [0.15, 0.2) is 0 Å². The Bertz CT molecular complexity index is 817. The van der Waals surface area contributed by atoms with Crippen LogP contribution < -0.4 is 10.9 Å². The maximum Gasteiger partial charge on any atom is 0.0896 e. The number of hydrogen-bond donors (Lipinski definition) is 1. The van der Waals surface area contributed by atoms with Crippen LogP contribution in [0.1, 0.15) is 12.5 Å². The SMILES string of the molecule is C/C=C1/C/N=C/C=C\C=C(\Cc2ccccc2)C1N(N)c1ccccc1. The zero-order valence-corrected chi connectivity index (χ0v) is 15.1. The molecule has 2 aromatic carbocycles. The molecule has 0 bridgehead atoms. The molecular weight excluding hydrogens is 318 g/mol. The summed E-state index contributed by atoms with van der Waals surface area (Å²) >= 11 is 0. The minimum absolute atomic E-state index is 0.0393. The average Bonchev–Trinajstić information content (AvgIpc) is 2.79. The molecule has 0 saturated heterocycles. The Morgan fingerprint density at radius 1 is 1.04 bits per heavy atom. The number of allylic oxidation sites excluding steroid dienone is 4. The molecule has 2 aromatic rings. The van der Waals surface area contributed by atoms with Gasteiger partial charge in [-0.05, 0) is 48.3 Å². The molecule has 26 heavy (non-hydrogen) atoms. The van der Waals surface area contributed by atoms with Crippen molar-refractivity contribution in [1.29, 1.82) is 0 Å². The van der Waals surface area contributed by atoms with Crippen molar-refractivity contribution < 1.29 is 0 Å². The zero-order chi connectivity index (χ0) is 18.2. The Hall–Kier alpha value is -2.91. The lowest BCUT2D eigenvalue weighted by atomic mass is 9.91. The maximum atomic E-state index is 6.63. The number of nitrogens with two attached hydrogens (primary N) is 1. The van der Waals surface area contributed by atoms with Gasteiger partial charge in [-0.1, -0.05) is 66.8 Å². The minimum Gasteiger partial charge on any atom is -0.300 e. The van der Waals surface area contributed by atoms with E-state index in [2.05, 4.69) is 48.3 Å². The molecule has 132 valence electrons. The quantitative estimate of drug-likeness (QED) is 0.505. The van der Waals surface area contributed by atoms with E-state index < -0.39 is 0 Å². The zero-order valence-electron chi connectivity index (χ0n) is 15.1. The van der Waals surface area contributed by atoms with Gasteiger partial charge in [0, 0.05) is 6.21 Å². The number of para-hydroxylation sites is 1. The molecule has 0 spiro atoms. The van der Waals surface area contributed by atoms with E-state index in [1.165, 1.54) is 16.7 Å². The van der Waals surface area contributed by atoms with Crippen LogP contribution in [-0.4, -0.2) is 18.8 Å². The minimum atomic E-state index is -0.0393. The van der Waals surface area contributed by atoms with Gasteiger partial charge in [-0.25, -0.2) is 5.84 Å². The highest BCUT2D eigenvalue weighted by atomic mass is 15.4. The molecular formula is C23H25N3. The molecule has 3 nitrogen and oxygen atoms in total. The number of hydrazine groups is 1. The van der Waals surface area contributed by atoms with E-state index in [0.29, 0.717) is 6.54 Å². The number of hydrogen-bond acceptors (Lipinski definition) is 3. The van der Waals surface area contributed by atoms with Gasteiger partial charge < -0.3 is 0 Å². The van der Waals surface area contributed by atoms with E-state index in [0.717, 1.165) is 12.1 Å². The van der Waals surface area contributed by atoms with Crippen molar-refractivity contribution in [2.45, 2.75) is 19.4 Å². The van der Waals surface area contributed by atoms with Gasteiger partial charge in [0.1, 0.15) is 0 Å². The lowest BCUT2D eigenvalue weighted by molar-refractivity contribution is 0.724. The first kappa shape index (κ1) is 17.9. The normalized spacial score (nSPS) is 23.2. The summed E-state index contributed by atoms with van der Waals surface area (Å²) in [5.41, 5.74) is 4.70. The monoisotopic (exact) mass is 343 g/mol. The standard InChI is InChI=1S/C23H25N3/c1-2-20-18-25-16-10-9-13-21(17-19-11-5-3-6-12-19)23(20)26(24)22-14-7-4-8-15-22/h2-16,23H,17-18,24H2,1H3/b10-9-,20-2-,21-13-,25-16+. The Balaban J connectivity index is 2.03. The Morgan fingerprint density at radius 2 is 1.73 bits per heavy atom. The molecule has 0 saturated carbocycles. The summed E-state index contributed by atoms with van der Waals surface area (Å²) in [5, 5.41) is 1.86. The van der Waals surface area contributed by atoms with Gasteiger partial charge in [-0.3, -0.25) is 10.0 Å². The average molecular weight is 343 g/mol. The van der Waals surface area contributed by atoms with Crippen LogP contribution in [0, 0.1) is 0 Å². The van der Waals surface area contributed by atoms with Gasteiger partial charge in [0.05, 0.1) is 18.3 Å². The fraction of sp³-hybridized carbons (Fsp3) is 0.174. The summed E-state index contributed by atoms with van der Waals surface area (Å²) in [4.78, 5) is 4.52. The third-order valence-electron chi connectivity index (χ3n) is 4.54. The highest BCUT2D eigenvalue weighted by molar-refractivity contribution is 5.72. The summed E-state index contributed by atoms with van der Waals surface area (Å²) < 4.78 is 0. The molecule has 0 fully saturated rings. The molecule has 0 aliphatic carbocycles. The van der Waals surface area contributed by atoms with E-state index >= 15 is 0 Å². The number of nitrogens with zero attached hydrogens (tertiary/aromatic N) is 2. The van der Waals surface area contributed by atoms with Crippen molar-refractivity contribution in [1.82, 2.24) is 0 Å². The first-order chi connectivity index (χ1) is 12.8. The van der Waals surface area contributed by atoms with Crippen LogP contribution in [-0.2, 0) is 6.42 Å². The number of rotatable bonds is 4. The molecule has 1 aliphatic rings. The predicted molar refractivity (Wildman–Crippen MR) is 111 cm³/mol. The first-order valence-corrected chi connectivity index (χ1v) is 8.93. The summed E-state index contributed by atoms with van der Waals surface area (Å²) in [6.45, 7) is 2.69.